The van der Waals surface area contributed by atoms with Crippen LogP contribution in [0.3, 0.4) is 0 Å². The molecule has 0 N–H and O–H groups in total. The molecule has 0 heterocycles. The Morgan fingerprint density at radius 2 is 0.617 bits per heavy atom. The quantitative estimate of drug-likeness (QED) is 0.0612. The third-order valence-corrected chi connectivity index (χ3v) is 10.1. The smallest absolute Gasteiger partial charge is 0.208 e. The summed E-state index contributed by atoms with van der Waals surface area (Å²) in [4.78, 5) is 0. The van der Waals surface area contributed by atoms with E-state index in [4.69, 9.17) is 23.7 Å². The van der Waals surface area contributed by atoms with Gasteiger partial charge in [-0.2, -0.15) is 35.1 Å². The fourth-order valence-electron chi connectivity index (χ4n) is 3.58. The molecule has 0 bridgehead atoms. The summed E-state index contributed by atoms with van der Waals surface area (Å²) in [6, 6.07) is 6.53. The minimum Gasteiger partial charge on any atom is -0.485 e. The molecular formula is C28H12F8I6O5. The summed E-state index contributed by atoms with van der Waals surface area (Å²) >= 11 is 11.4. The molecule has 0 fully saturated rings. The molecule has 19 heteroatoms. The number of benzene rings is 4. The summed E-state index contributed by atoms with van der Waals surface area (Å²) in [6.07, 6.45) is 0. The van der Waals surface area contributed by atoms with Crippen LogP contribution in [0.4, 0.5) is 35.1 Å². The summed E-state index contributed by atoms with van der Waals surface area (Å²) in [5, 5.41) is 0. The van der Waals surface area contributed by atoms with E-state index in [1.165, 1.54) is 0 Å². The number of rotatable bonds is 12. The normalized spacial score (nSPS) is 11.2. The van der Waals surface area contributed by atoms with Gasteiger partial charge in [-0.1, -0.05) is 0 Å². The van der Waals surface area contributed by atoms with E-state index >= 15 is 0 Å². The highest BCUT2D eigenvalue weighted by atomic mass is 127. The van der Waals surface area contributed by atoms with E-state index < -0.39 is 96.0 Å². The van der Waals surface area contributed by atoms with Gasteiger partial charge >= 0.3 is 0 Å². The molecular weight excluding hydrogens is 1330 g/mol. The molecule has 0 aliphatic rings. The van der Waals surface area contributed by atoms with Crippen molar-refractivity contribution in [3.8, 4) is 34.5 Å². The molecule has 252 valence electrons. The van der Waals surface area contributed by atoms with Gasteiger partial charge < -0.3 is 23.7 Å². The lowest BCUT2D eigenvalue weighted by atomic mass is 10.2. The van der Waals surface area contributed by atoms with Crippen molar-refractivity contribution >= 4 is 136 Å². The average Bonchev–Trinajstić information content (AvgIpc) is 3.00. The van der Waals surface area contributed by atoms with E-state index in [9.17, 15) is 35.1 Å². The highest BCUT2D eigenvalue weighted by molar-refractivity contribution is 14.1. The Morgan fingerprint density at radius 1 is 0.362 bits per heavy atom. The number of ether oxygens (including phenoxy) is 5. The molecule has 4 aromatic rings. The van der Waals surface area contributed by atoms with Crippen LogP contribution in [0, 0.1) is 68.0 Å². The van der Waals surface area contributed by atoms with Crippen molar-refractivity contribution in [1.82, 2.24) is 0 Å². The van der Waals surface area contributed by atoms with Crippen LogP contribution in [0.5, 0.6) is 34.5 Å². The minimum atomic E-state index is -1.85. The van der Waals surface area contributed by atoms with E-state index in [1.807, 2.05) is 136 Å². The first-order valence-corrected chi connectivity index (χ1v) is 18.8. The minimum absolute atomic E-state index is 0.00592. The highest BCUT2D eigenvalue weighted by Crippen LogP contribution is 2.41. The Balaban J connectivity index is 1.34. The maximum Gasteiger partial charge on any atom is 0.208 e. The largest absolute Gasteiger partial charge is 0.485 e. The van der Waals surface area contributed by atoms with E-state index in [-0.39, 0.29) is 11.5 Å². The Bertz CT molecular complexity index is 1610. The molecule has 0 aliphatic heterocycles. The lowest BCUT2D eigenvalue weighted by molar-refractivity contribution is 0.0713. The molecule has 4 rings (SSSR count). The molecule has 0 amide bonds. The summed E-state index contributed by atoms with van der Waals surface area (Å²) in [7, 11) is 0. The molecule has 0 saturated heterocycles. The van der Waals surface area contributed by atoms with Crippen LogP contribution in [0.25, 0.3) is 0 Å². The van der Waals surface area contributed by atoms with Crippen molar-refractivity contribution in [1.29, 1.82) is 0 Å². The molecule has 5 nitrogen and oxygen atoms in total. The van der Waals surface area contributed by atoms with Crippen LogP contribution >= 0.6 is 136 Å². The van der Waals surface area contributed by atoms with Gasteiger partial charge in [0.1, 0.15) is 13.2 Å². The van der Waals surface area contributed by atoms with Gasteiger partial charge in [0, 0.05) is 7.14 Å². The number of hydrogen-bond acceptors (Lipinski definition) is 5. The van der Waals surface area contributed by atoms with Crippen molar-refractivity contribution in [3.05, 3.63) is 92.2 Å². The summed E-state index contributed by atoms with van der Waals surface area (Å²) in [6.45, 7) is -2.16. The average molecular weight is 1340 g/mol. The molecule has 4 aromatic carbocycles. The Kier molecular flexibility index (Phi) is 14.7. The van der Waals surface area contributed by atoms with Crippen LogP contribution in [0.2, 0.25) is 0 Å². The second-order valence-electron chi connectivity index (χ2n) is 8.74. The lowest BCUT2D eigenvalue weighted by Gasteiger charge is -2.16. The standard InChI is InChI=1S/C28H12F8I6O5/c29-15-19(33)27(46-23-11(39)5-9(37)6-12(23)40)20(34)16(30)25(15)44-3-1-43-2-4-45-26-17(31)21(35)28(22(36)18(26)32)47-24-13(41)7-10(38)8-14(24)42/h5-8H,1-4H2. The molecule has 47 heavy (non-hydrogen) atoms. The van der Waals surface area contributed by atoms with E-state index in [1.54, 1.807) is 24.3 Å². The second-order valence-corrected chi connectivity index (χ2v) is 15.9. The van der Waals surface area contributed by atoms with Crippen molar-refractivity contribution in [2.24, 2.45) is 0 Å². The second kappa shape index (κ2) is 17.4. The van der Waals surface area contributed by atoms with Crippen molar-refractivity contribution in [2.75, 3.05) is 26.4 Å². The predicted molar refractivity (Wildman–Crippen MR) is 204 cm³/mol. The Labute approximate surface area is 343 Å². The third-order valence-electron chi connectivity index (χ3n) is 5.65. The van der Waals surface area contributed by atoms with Crippen LogP contribution < -0.4 is 18.9 Å². The monoisotopic (exact) mass is 1340 g/mol. The van der Waals surface area contributed by atoms with Crippen LogP contribution in [0.15, 0.2) is 24.3 Å². The Hall–Kier alpha value is -0.140. The van der Waals surface area contributed by atoms with Crippen LogP contribution in [-0.2, 0) is 4.74 Å². The first kappa shape index (κ1) is 39.6. The highest BCUT2D eigenvalue weighted by Gasteiger charge is 2.31. The fraction of sp³-hybridized carbons (Fsp3) is 0.143. The van der Waals surface area contributed by atoms with Gasteiger partial charge in [-0.25, -0.2) is 0 Å². The lowest BCUT2D eigenvalue weighted by Crippen LogP contribution is -2.15. The van der Waals surface area contributed by atoms with Gasteiger partial charge in [0.05, 0.1) is 27.5 Å². The molecule has 0 spiro atoms. The zero-order valence-corrected chi connectivity index (χ0v) is 35.4. The zero-order valence-electron chi connectivity index (χ0n) is 22.5. The molecule has 0 unspecified atom stereocenters. The van der Waals surface area contributed by atoms with Gasteiger partial charge in [0.2, 0.25) is 58.0 Å². The van der Waals surface area contributed by atoms with Gasteiger partial charge in [0.15, 0.2) is 23.0 Å². The number of hydrogen-bond donors (Lipinski definition) is 0. The first-order chi connectivity index (χ1) is 22.1. The van der Waals surface area contributed by atoms with Gasteiger partial charge in [-0.15, -0.1) is 0 Å². The number of halogens is 14. The van der Waals surface area contributed by atoms with Gasteiger partial charge in [0.25, 0.3) is 0 Å². The predicted octanol–water partition coefficient (Wildman–Crippen LogP) is 11.5. The van der Waals surface area contributed by atoms with Crippen LogP contribution in [0.1, 0.15) is 0 Å². The molecule has 0 aliphatic carbocycles. The van der Waals surface area contributed by atoms with Gasteiger partial charge in [-0.3, -0.25) is 0 Å². The van der Waals surface area contributed by atoms with E-state index in [0.29, 0.717) is 14.3 Å². The van der Waals surface area contributed by atoms with E-state index in [2.05, 4.69) is 0 Å². The zero-order chi connectivity index (χ0) is 34.7. The summed E-state index contributed by atoms with van der Waals surface area (Å²) in [5.74, 6) is -20.1. The molecule has 0 atom stereocenters. The maximum atomic E-state index is 14.7. The van der Waals surface area contributed by atoms with Crippen molar-refractivity contribution < 1.29 is 58.8 Å². The van der Waals surface area contributed by atoms with Gasteiger partial charge in [-0.05, 0) is 160 Å². The first-order valence-electron chi connectivity index (χ1n) is 12.3. The summed E-state index contributed by atoms with van der Waals surface area (Å²) in [5.41, 5.74) is 0. The summed E-state index contributed by atoms with van der Waals surface area (Å²) < 4.78 is 146. The third kappa shape index (κ3) is 9.21. The molecule has 0 radical (unpaired) electrons. The Morgan fingerprint density at radius 3 is 0.894 bits per heavy atom. The van der Waals surface area contributed by atoms with Crippen molar-refractivity contribution in [2.45, 2.75) is 0 Å². The van der Waals surface area contributed by atoms with Crippen LogP contribution in [-0.4, -0.2) is 26.4 Å². The van der Waals surface area contributed by atoms with Crippen molar-refractivity contribution in [3.63, 3.8) is 0 Å². The molecule has 0 aromatic heterocycles. The fourth-order valence-corrected chi connectivity index (χ4v) is 11.2. The maximum absolute atomic E-state index is 14.7. The topological polar surface area (TPSA) is 46.2 Å². The van der Waals surface area contributed by atoms with E-state index in [0.717, 1.165) is 7.14 Å². The SMILES string of the molecule is Fc1c(F)c(Oc2c(I)cc(I)cc2I)c(F)c(F)c1OCCOCCOc1c(F)c(F)c(Oc2c(I)cc(I)cc2I)c(F)c1F. The molecule has 0 saturated carbocycles.